The molecule has 0 aromatic rings. The molecular weight excluding hydrogens is 264 g/mol. The van der Waals surface area contributed by atoms with E-state index in [0.717, 1.165) is 0 Å². The highest BCUT2D eigenvalue weighted by atomic mass is 16.5. The van der Waals surface area contributed by atoms with Gasteiger partial charge < -0.3 is 20.1 Å². The Morgan fingerprint density at radius 3 is 2.10 bits per heavy atom. The molecule has 2 N–H and O–H groups in total. The zero-order valence-corrected chi connectivity index (χ0v) is 12.9. The van der Waals surface area contributed by atoms with Crippen molar-refractivity contribution in [3.8, 4) is 0 Å². The van der Waals surface area contributed by atoms with Gasteiger partial charge in [-0.25, -0.2) is 9.59 Å². The monoisotopic (exact) mass is 290 g/mol. The molecule has 7 heteroatoms. The molecule has 0 aliphatic heterocycles. The molecule has 0 spiro atoms. The van der Waals surface area contributed by atoms with E-state index in [0.29, 0.717) is 13.0 Å². The quantitative estimate of drug-likeness (QED) is 0.772. The molecule has 0 radical (unpaired) electrons. The van der Waals surface area contributed by atoms with Crippen molar-refractivity contribution in [2.75, 3.05) is 20.2 Å². The fraction of sp³-hybridized carbons (Fsp3) is 0.769. The van der Waals surface area contributed by atoms with Crippen molar-refractivity contribution in [1.29, 1.82) is 0 Å². The van der Waals surface area contributed by atoms with Gasteiger partial charge >= 0.3 is 12.1 Å². The molecule has 0 aliphatic rings. The van der Waals surface area contributed by atoms with Crippen molar-refractivity contribution in [2.45, 2.75) is 46.6 Å². The molecule has 20 heavy (non-hydrogen) atoms. The summed E-state index contributed by atoms with van der Waals surface area (Å²) in [5.74, 6) is -1.53. The minimum atomic E-state index is -1.08. The molecule has 0 heterocycles. The van der Waals surface area contributed by atoms with Crippen molar-refractivity contribution in [3.05, 3.63) is 0 Å². The molecular formula is C13H26N2O5. The summed E-state index contributed by atoms with van der Waals surface area (Å²) >= 11 is 0. The second-order valence-corrected chi connectivity index (χ2v) is 4.15. The lowest BCUT2D eigenvalue weighted by Crippen LogP contribution is -2.47. The number of ether oxygens (including phenoxy) is 1. The first-order chi connectivity index (χ1) is 9.35. The van der Waals surface area contributed by atoms with Crippen LogP contribution in [0.3, 0.4) is 0 Å². The number of nitrogens with one attached hydrogen (secondary N) is 1. The van der Waals surface area contributed by atoms with Gasteiger partial charge in [0.25, 0.3) is 0 Å². The SMILES string of the molecule is CCC.CCCN(C(=O)CNC(=O)OC)C(C)C(=O)O. The topological polar surface area (TPSA) is 95.9 Å². The standard InChI is InChI=1S/C10H18N2O5.C3H8/c1-4-5-12(7(2)9(14)15)8(13)6-11-10(16)17-3;1-3-2/h7H,4-6H2,1-3H3,(H,11,16)(H,14,15);3H2,1-2H3. The summed E-state index contributed by atoms with van der Waals surface area (Å²) in [7, 11) is 1.18. The summed E-state index contributed by atoms with van der Waals surface area (Å²) in [5.41, 5.74) is 0. The predicted octanol–water partition coefficient (Wildman–Crippen LogP) is 1.47. The Balaban J connectivity index is 0. The lowest BCUT2D eigenvalue weighted by atomic mass is 10.2. The van der Waals surface area contributed by atoms with Crippen LogP contribution in [0.1, 0.15) is 40.5 Å². The van der Waals surface area contributed by atoms with E-state index in [-0.39, 0.29) is 6.54 Å². The minimum Gasteiger partial charge on any atom is -0.480 e. The summed E-state index contributed by atoms with van der Waals surface area (Å²) in [6.07, 6.45) is 1.17. The van der Waals surface area contributed by atoms with Gasteiger partial charge in [-0.3, -0.25) is 4.79 Å². The van der Waals surface area contributed by atoms with Gasteiger partial charge in [0, 0.05) is 6.54 Å². The summed E-state index contributed by atoms with van der Waals surface area (Å²) < 4.78 is 4.31. The molecule has 118 valence electrons. The molecule has 0 saturated carbocycles. The third kappa shape index (κ3) is 9.18. The summed E-state index contributed by atoms with van der Waals surface area (Å²) in [6.45, 7) is 7.57. The van der Waals surface area contributed by atoms with E-state index in [1.54, 1.807) is 0 Å². The fourth-order valence-electron chi connectivity index (χ4n) is 1.23. The van der Waals surface area contributed by atoms with Crippen molar-refractivity contribution in [3.63, 3.8) is 0 Å². The van der Waals surface area contributed by atoms with Crippen molar-refractivity contribution < 1.29 is 24.2 Å². The first kappa shape index (κ1) is 20.5. The highest BCUT2D eigenvalue weighted by Gasteiger charge is 2.24. The number of nitrogens with zero attached hydrogens (tertiary/aromatic N) is 1. The van der Waals surface area contributed by atoms with Crippen LogP contribution in [0, 0.1) is 0 Å². The Bertz CT molecular complexity index is 307. The molecule has 2 amide bonds. The van der Waals surface area contributed by atoms with Crippen LogP contribution in [-0.2, 0) is 14.3 Å². The molecule has 1 atom stereocenters. The van der Waals surface area contributed by atoms with Crippen LogP contribution in [0.4, 0.5) is 4.79 Å². The van der Waals surface area contributed by atoms with Crippen LogP contribution < -0.4 is 5.32 Å². The number of amides is 2. The summed E-state index contributed by atoms with van der Waals surface area (Å²) in [5, 5.41) is 11.1. The van der Waals surface area contributed by atoms with Crippen LogP contribution in [0.25, 0.3) is 0 Å². The Labute approximate surface area is 120 Å². The number of rotatable bonds is 6. The van der Waals surface area contributed by atoms with Gasteiger partial charge in [0.15, 0.2) is 0 Å². The summed E-state index contributed by atoms with van der Waals surface area (Å²) in [6, 6.07) is -0.915. The average Bonchev–Trinajstić information content (AvgIpc) is 2.41. The number of carbonyl (C=O) groups excluding carboxylic acids is 2. The van der Waals surface area contributed by atoms with Crippen LogP contribution in [0.2, 0.25) is 0 Å². The number of aliphatic carboxylic acids is 1. The number of methoxy groups -OCH3 is 1. The number of hydrogen-bond donors (Lipinski definition) is 2. The van der Waals surface area contributed by atoms with Gasteiger partial charge in [-0.15, -0.1) is 0 Å². The molecule has 0 aromatic carbocycles. The van der Waals surface area contributed by atoms with E-state index in [1.165, 1.54) is 25.4 Å². The van der Waals surface area contributed by atoms with Gasteiger partial charge in [0.1, 0.15) is 12.6 Å². The number of alkyl carbamates (subject to hydrolysis) is 1. The first-order valence-corrected chi connectivity index (χ1v) is 6.69. The van der Waals surface area contributed by atoms with Crippen molar-refractivity contribution >= 4 is 18.0 Å². The van der Waals surface area contributed by atoms with Gasteiger partial charge in [-0.05, 0) is 13.3 Å². The highest BCUT2D eigenvalue weighted by molar-refractivity contribution is 5.86. The maximum atomic E-state index is 11.7. The highest BCUT2D eigenvalue weighted by Crippen LogP contribution is 2.01. The van der Waals surface area contributed by atoms with Gasteiger partial charge in [0.2, 0.25) is 5.91 Å². The fourth-order valence-corrected chi connectivity index (χ4v) is 1.23. The van der Waals surface area contributed by atoms with E-state index in [1.807, 2.05) is 6.92 Å². The molecule has 7 nitrogen and oxygen atoms in total. The van der Waals surface area contributed by atoms with Crippen molar-refractivity contribution in [2.24, 2.45) is 0 Å². The van der Waals surface area contributed by atoms with Gasteiger partial charge in [-0.1, -0.05) is 27.2 Å². The van der Waals surface area contributed by atoms with Crippen LogP contribution in [0.15, 0.2) is 0 Å². The third-order valence-corrected chi connectivity index (χ3v) is 2.18. The molecule has 0 bridgehead atoms. The normalized spacial score (nSPS) is 10.7. The molecule has 0 fully saturated rings. The molecule has 0 aliphatic carbocycles. The molecule has 0 rings (SSSR count). The van der Waals surface area contributed by atoms with Gasteiger partial charge in [-0.2, -0.15) is 0 Å². The molecule has 0 saturated heterocycles. The van der Waals surface area contributed by atoms with Gasteiger partial charge in [0.05, 0.1) is 7.11 Å². The lowest BCUT2D eigenvalue weighted by Gasteiger charge is -2.26. The Hall–Kier alpha value is -1.79. The van der Waals surface area contributed by atoms with E-state index in [4.69, 9.17) is 5.11 Å². The number of hydrogen-bond acceptors (Lipinski definition) is 4. The lowest BCUT2D eigenvalue weighted by molar-refractivity contribution is -0.149. The Morgan fingerprint density at radius 2 is 1.75 bits per heavy atom. The smallest absolute Gasteiger partial charge is 0.407 e. The van der Waals surface area contributed by atoms with E-state index >= 15 is 0 Å². The predicted molar refractivity (Wildman–Crippen MR) is 75.5 cm³/mol. The van der Waals surface area contributed by atoms with Crippen LogP contribution in [0.5, 0.6) is 0 Å². The third-order valence-electron chi connectivity index (χ3n) is 2.18. The zero-order valence-electron chi connectivity index (χ0n) is 12.9. The molecule has 0 aromatic heterocycles. The number of carboxylic acid groups (broad SMARTS) is 1. The molecule has 1 unspecified atom stereocenters. The van der Waals surface area contributed by atoms with Crippen LogP contribution in [-0.4, -0.2) is 54.2 Å². The maximum Gasteiger partial charge on any atom is 0.407 e. The van der Waals surface area contributed by atoms with Crippen LogP contribution >= 0.6 is 0 Å². The van der Waals surface area contributed by atoms with E-state index in [2.05, 4.69) is 23.9 Å². The minimum absolute atomic E-state index is 0.274. The average molecular weight is 290 g/mol. The number of carboxylic acids is 1. The second-order valence-electron chi connectivity index (χ2n) is 4.15. The van der Waals surface area contributed by atoms with E-state index in [9.17, 15) is 14.4 Å². The largest absolute Gasteiger partial charge is 0.480 e. The zero-order chi connectivity index (χ0) is 16.1. The first-order valence-electron chi connectivity index (χ1n) is 6.69. The Kier molecular flexibility index (Phi) is 12.6. The maximum absolute atomic E-state index is 11.7. The number of carbonyl (C=O) groups is 3. The van der Waals surface area contributed by atoms with Crippen molar-refractivity contribution in [1.82, 2.24) is 10.2 Å². The second kappa shape index (κ2) is 12.3. The Morgan fingerprint density at radius 1 is 1.25 bits per heavy atom. The summed E-state index contributed by atoms with van der Waals surface area (Å²) in [4.78, 5) is 34.5. The van der Waals surface area contributed by atoms with E-state index < -0.39 is 24.0 Å².